The average molecular weight is 319 g/mol. The molecule has 1 aromatic carbocycles. The summed E-state index contributed by atoms with van der Waals surface area (Å²) in [5, 5.41) is 3.43. The topological polar surface area (TPSA) is 34.2 Å². The van der Waals surface area contributed by atoms with Crippen molar-refractivity contribution in [3.8, 4) is 5.75 Å². The molecule has 1 aliphatic rings. The molecule has 3 nitrogen and oxygen atoms in total. The van der Waals surface area contributed by atoms with Crippen molar-refractivity contribution in [3.05, 3.63) is 57.8 Å². The van der Waals surface area contributed by atoms with Gasteiger partial charge >= 0.3 is 0 Å². The highest BCUT2D eigenvalue weighted by molar-refractivity contribution is 9.10. The lowest BCUT2D eigenvalue weighted by Gasteiger charge is -2.10. The first-order valence-electron chi connectivity index (χ1n) is 6.36. The monoisotopic (exact) mass is 318 g/mol. The number of rotatable bonds is 4. The zero-order valence-electron chi connectivity index (χ0n) is 10.5. The number of aromatic nitrogens is 1. The number of fused-ring (bicyclic) bond motifs is 1. The first kappa shape index (κ1) is 12.6. The Labute approximate surface area is 121 Å². The summed E-state index contributed by atoms with van der Waals surface area (Å²) in [4.78, 5) is 4.11. The molecular formula is C15H15BrN2O. The van der Waals surface area contributed by atoms with E-state index in [9.17, 15) is 0 Å². The van der Waals surface area contributed by atoms with E-state index in [1.165, 1.54) is 16.7 Å². The number of nitrogens with zero attached hydrogens (tertiary/aromatic N) is 1. The summed E-state index contributed by atoms with van der Waals surface area (Å²) in [7, 11) is 0. The van der Waals surface area contributed by atoms with Crippen molar-refractivity contribution in [2.45, 2.75) is 19.5 Å². The molecule has 2 aromatic rings. The summed E-state index contributed by atoms with van der Waals surface area (Å²) in [6, 6.07) is 8.30. The summed E-state index contributed by atoms with van der Waals surface area (Å²) >= 11 is 3.56. The molecule has 0 bridgehead atoms. The van der Waals surface area contributed by atoms with Crippen LogP contribution >= 0.6 is 15.9 Å². The van der Waals surface area contributed by atoms with Crippen LogP contribution < -0.4 is 10.1 Å². The SMILES string of the molecule is Brc1cc2c(c(CNCc3cccnc3)c1)OCC2. The van der Waals surface area contributed by atoms with E-state index in [2.05, 4.69) is 44.4 Å². The number of hydrogen-bond donors (Lipinski definition) is 1. The van der Waals surface area contributed by atoms with Crippen LogP contribution in [0.3, 0.4) is 0 Å². The summed E-state index contributed by atoms with van der Waals surface area (Å²) in [6.45, 7) is 2.41. The Hall–Kier alpha value is -1.39. The number of hydrogen-bond acceptors (Lipinski definition) is 3. The molecule has 3 rings (SSSR count). The van der Waals surface area contributed by atoms with Gasteiger partial charge in [-0.3, -0.25) is 4.98 Å². The van der Waals surface area contributed by atoms with Gasteiger partial charge in [0.25, 0.3) is 0 Å². The highest BCUT2D eigenvalue weighted by Gasteiger charge is 2.16. The Balaban J connectivity index is 1.67. The Morgan fingerprint density at radius 3 is 3.11 bits per heavy atom. The van der Waals surface area contributed by atoms with E-state index >= 15 is 0 Å². The van der Waals surface area contributed by atoms with Crippen LogP contribution in [0.2, 0.25) is 0 Å². The molecule has 0 saturated carbocycles. The highest BCUT2D eigenvalue weighted by Crippen LogP contribution is 2.32. The molecule has 1 aliphatic heterocycles. The molecule has 1 aromatic heterocycles. The summed E-state index contributed by atoms with van der Waals surface area (Å²) in [5.74, 6) is 1.06. The van der Waals surface area contributed by atoms with Crippen molar-refractivity contribution in [1.29, 1.82) is 0 Å². The molecule has 0 radical (unpaired) electrons. The molecule has 0 aliphatic carbocycles. The molecule has 0 saturated heterocycles. The second-order valence-corrected chi connectivity index (χ2v) is 5.53. The summed E-state index contributed by atoms with van der Waals surface area (Å²) in [6.07, 6.45) is 4.68. The molecule has 0 fully saturated rings. The Morgan fingerprint density at radius 2 is 2.26 bits per heavy atom. The van der Waals surface area contributed by atoms with Gasteiger partial charge in [0, 0.05) is 41.9 Å². The van der Waals surface area contributed by atoms with Crippen LogP contribution in [0.15, 0.2) is 41.1 Å². The van der Waals surface area contributed by atoms with Crippen LogP contribution in [-0.4, -0.2) is 11.6 Å². The molecule has 0 amide bonds. The van der Waals surface area contributed by atoms with Crippen LogP contribution in [0.25, 0.3) is 0 Å². The molecular weight excluding hydrogens is 304 g/mol. The van der Waals surface area contributed by atoms with E-state index < -0.39 is 0 Å². The van der Waals surface area contributed by atoms with Gasteiger partial charge in [0.2, 0.25) is 0 Å². The lowest BCUT2D eigenvalue weighted by molar-refractivity contribution is 0.352. The van der Waals surface area contributed by atoms with Crippen LogP contribution in [0, 0.1) is 0 Å². The van der Waals surface area contributed by atoms with E-state index in [1.54, 1.807) is 6.20 Å². The second kappa shape index (κ2) is 5.72. The summed E-state index contributed by atoms with van der Waals surface area (Å²) in [5.41, 5.74) is 3.70. The van der Waals surface area contributed by atoms with Gasteiger partial charge in [-0.05, 0) is 29.3 Å². The standard InChI is InChI=1S/C15H15BrN2O/c16-14-6-12-3-5-19-15(12)13(7-14)10-18-9-11-2-1-4-17-8-11/h1-2,4,6-8,18H,3,5,9-10H2. The van der Waals surface area contributed by atoms with Gasteiger partial charge in [0.1, 0.15) is 5.75 Å². The molecule has 0 atom stereocenters. The zero-order valence-corrected chi connectivity index (χ0v) is 12.1. The van der Waals surface area contributed by atoms with E-state index in [0.717, 1.165) is 36.3 Å². The molecule has 0 spiro atoms. The average Bonchev–Trinajstić information content (AvgIpc) is 2.88. The third kappa shape index (κ3) is 2.96. The van der Waals surface area contributed by atoms with Gasteiger partial charge in [-0.2, -0.15) is 0 Å². The Bertz CT molecular complexity index is 572. The fourth-order valence-electron chi connectivity index (χ4n) is 2.32. The first-order chi connectivity index (χ1) is 9.33. The third-order valence-electron chi connectivity index (χ3n) is 3.19. The summed E-state index contributed by atoms with van der Waals surface area (Å²) < 4.78 is 6.83. The van der Waals surface area contributed by atoms with E-state index in [-0.39, 0.29) is 0 Å². The maximum Gasteiger partial charge on any atom is 0.127 e. The van der Waals surface area contributed by atoms with Crippen LogP contribution in [0.5, 0.6) is 5.75 Å². The Morgan fingerprint density at radius 1 is 1.32 bits per heavy atom. The predicted octanol–water partition coefficient (Wildman–Crippen LogP) is 3.07. The molecule has 2 heterocycles. The number of ether oxygens (including phenoxy) is 1. The maximum absolute atomic E-state index is 5.71. The minimum Gasteiger partial charge on any atom is -0.493 e. The Kier molecular flexibility index (Phi) is 3.80. The minimum absolute atomic E-state index is 0.793. The van der Waals surface area contributed by atoms with Crippen LogP contribution in [-0.2, 0) is 19.5 Å². The van der Waals surface area contributed by atoms with E-state index in [1.807, 2.05) is 12.3 Å². The van der Waals surface area contributed by atoms with Gasteiger partial charge in [-0.15, -0.1) is 0 Å². The van der Waals surface area contributed by atoms with Crippen molar-refractivity contribution in [1.82, 2.24) is 10.3 Å². The molecule has 19 heavy (non-hydrogen) atoms. The van der Waals surface area contributed by atoms with Gasteiger partial charge in [-0.25, -0.2) is 0 Å². The largest absolute Gasteiger partial charge is 0.493 e. The number of benzene rings is 1. The normalized spacial score (nSPS) is 13.1. The van der Waals surface area contributed by atoms with Crippen molar-refractivity contribution >= 4 is 15.9 Å². The fraction of sp³-hybridized carbons (Fsp3) is 0.267. The zero-order chi connectivity index (χ0) is 13.1. The van der Waals surface area contributed by atoms with Crippen LogP contribution in [0.4, 0.5) is 0 Å². The molecule has 1 N–H and O–H groups in total. The van der Waals surface area contributed by atoms with E-state index in [0.29, 0.717) is 0 Å². The second-order valence-electron chi connectivity index (χ2n) is 4.62. The highest BCUT2D eigenvalue weighted by atomic mass is 79.9. The smallest absolute Gasteiger partial charge is 0.127 e. The van der Waals surface area contributed by atoms with Crippen molar-refractivity contribution in [3.63, 3.8) is 0 Å². The minimum atomic E-state index is 0.793. The van der Waals surface area contributed by atoms with Crippen molar-refractivity contribution in [2.24, 2.45) is 0 Å². The molecule has 98 valence electrons. The van der Waals surface area contributed by atoms with Gasteiger partial charge in [0.15, 0.2) is 0 Å². The van der Waals surface area contributed by atoms with Gasteiger partial charge in [-0.1, -0.05) is 22.0 Å². The lowest BCUT2D eigenvalue weighted by Crippen LogP contribution is -2.13. The number of nitrogens with one attached hydrogen (secondary N) is 1. The number of pyridine rings is 1. The molecule has 4 heteroatoms. The first-order valence-corrected chi connectivity index (χ1v) is 7.16. The van der Waals surface area contributed by atoms with Crippen molar-refractivity contribution in [2.75, 3.05) is 6.61 Å². The number of halogens is 1. The third-order valence-corrected chi connectivity index (χ3v) is 3.65. The van der Waals surface area contributed by atoms with Gasteiger partial charge in [0.05, 0.1) is 6.61 Å². The van der Waals surface area contributed by atoms with E-state index in [4.69, 9.17) is 4.74 Å². The van der Waals surface area contributed by atoms with Crippen molar-refractivity contribution < 1.29 is 4.74 Å². The fourth-order valence-corrected chi connectivity index (χ4v) is 2.87. The molecule has 0 unspecified atom stereocenters. The van der Waals surface area contributed by atoms with Crippen LogP contribution in [0.1, 0.15) is 16.7 Å². The predicted molar refractivity (Wildman–Crippen MR) is 78.1 cm³/mol. The lowest BCUT2D eigenvalue weighted by atomic mass is 10.1. The maximum atomic E-state index is 5.71. The quantitative estimate of drug-likeness (QED) is 0.940. The van der Waals surface area contributed by atoms with Gasteiger partial charge < -0.3 is 10.1 Å².